The van der Waals surface area contributed by atoms with E-state index >= 15 is 0 Å². The fourth-order valence-corrected chi connectivity index (χ4v) is 6.68. The van der Waals surface area contributed by atoms with Gasteiger partial charge in [-0.05, 0) is 61.9 Å². The topological polar surface area (TPSA) is 91.2 Å². The number of thioether (sulfide) groups is 1. The molecule has 3 aliphatic rings. The van der Waals surface area contributed by atoms with Gasteiger partial charge in [0.05, 0.1) is 32.7 Å². The van der Waals surface area contributed by atoms with Gasteiger partial charge in [0.2, 0.25) is 0 Å². The number of hydrogen-bond acceptors (Lipinski definition) is 8. The number of fused-ring (bicyclic) bond motifs is 1. The maximum absolute atomic E-state index is 12.6. The highest BCUT2D eigenvalue weighted by Crippen LogP contribution is 2.40. The zero-order valence-electron chi connectivity index (χ0n) is 18.5. The van der Waals surface area contributed by atoms with Gasteiger partial charge < -0.3 is 15.3 Å². The maximum Gasteiger partial charge on any atom is 0.446 e. The van der Waals surface area contributed by atoms with Crippen LogP contribution in [0.25, 0.3) is 0 Å². The van der Waals surface area contributed by atoms with Crippen LogP contribution < -0.4 is 10.2 Å². The number of halogens is 3. The second kappa shape index (κ2) is 9.27. The second-order valence-corrected chi connectivity index (χ2v) is 11.8. The summed E-state index contributed by atoms with van der Waals surface area (Å²) in [5.74, 6) is 2.68. The number of alkyl halides is 3. The minimum absolute atomic E-state index is 0.0134. The Hall–Kier alpha value is -1.92. The summed E-state index contributed by atoms with van der Waals surface area (Å²) in [5, 5.41) is 13.3. The van der Waals surface area contributed by atoms with E-state index in [4.69, 9.17) is 4.98 Å². The van der Waals surface area contributed by atoms with E-state index in [1.165, 1.54) is 12.4 Å². The van der Waals surface area contributed by atoms with Crippen molar-refractivity contribution < 1.29 is 22.5 Å². The van der Waals surface area contributed by atoms with E-state index in [-0.39, 0.29) is 34.7 Å². The van der Waals surface area contributed by atoms with Crippen LogP contribution in [-0.2, 0) is 17.2 Å². The summed E-state index contributed by atoms with van der Waals surface area (Å²) in [4.78, 5) is 16.2. The van der Waals surface area contributed by atoms with Gasteiger partial charge in [-0.2, -0.15) is 13.2 Å². The molecule has 0 radical (unpaired) electrons. The maximum atomic E-state index is 12.6. The Bertz CT molecular complexity index is 1070. The molecule has 1 unspecified atom stereocenters. The standard InChI is InChI=1S/C22H26F3N5O2S2/c23-22(24,25)33-16-11-26-19(27-12-16)14-2-7-30(8-3-14)17-10-15-4-9-34(32)18(15)20(28-17)29-21(13-31)5-1-6-21/h10-12,14,31H,1-9,13H2,(H,28,29). The van der Waals surface area contributed by atoms with Crippen LogP contribution in [0.2, 0.25) is 0 Å². The summed E-state index contributed by atoms with van der Waals surface area (Å²) >= 11 is -0.209. The monoisotopic (exact) mass is 513 g/mol. The molecule has 2 aliphatic heterocycles. The molecule has 34 heavy (non-hydrogen) atoms. The Labute approximate surface area is 202 Å². The van der Waals surface area contributed by atoms with Gasteiger partial charge in [-0.15, -0.1) is 0 Å². The molecule has 2 aromatic heterocycles. The average Bonchev–Trinajstić information content (AvgIpc) is 3.17. The van der Waals surface area contributed by atoms with Crippen molar-refractivity contribution >= 4 is 34.2 Å². The van der Waals surface area contributed by atoms with Crippen molar-refractivity contribution in [2.45, 2.75) is 65.3 Å². The van der Waals surface area contributed by atoms with E-state index in [2.05, 4.69) is 20.2 Å². The lowest BCUT2D eigenvalue weighted by molar-refractivity contribution is -0.0328. The van der Waals surface area contributed by atoms with Crippen LogP contribution in [0.5, 0.6) is 0 Å². The van der Waals surface area contributed by atoms with E-state index in [0.717, 1.165) is 54.8 Å². The lowest BCUT2D eigenvalue weighted by Gasteiger charge is -2.42. The number of rotatable bonds is 6. The molecule has 0 spiro atoms. The average molecular weight is 514 g/mol. The molecule has 2 fully saturated rings. The van der Waals surface area contributed by atoms with Crippen LogP contribution in [0.1, 0.15) is 49.4 Å². The van der Waals surface area contributed by atoms with Crippen molar-refractivity contribution in [3.63, 3.8) is 0 Å². The third-order valence-electron chi connectivity index (χ3n) is 6.88. The van der Waals surface area contributed by atoms with Crippen molar-refractivity contribution in [3.05, 3.63) is 29.8 Å². The normalized spacial score (nSPS) is 22.4. The highest BCUT2D eigenvalue weighted by molar-refractivity contribution is 8.00. The molecule has 184 valence electrons. The zero-order valence-corrected chi connectivity index (χ0v) is 20.1. The van der Waals surface area contributed by atoms with Gasteiger partial charge in [-0.1, -0.05) is 0 Å². The van der Waals surface area contributed by atoms with Crippen molar-refractivity contribution in [1.29, 1.82) is 0 Å². The summed E-state index contributed by atoms with van der Waals surface area (Å²) in [5.41, 5.74) is -3.69. The SMILES string of the molecule is O=S1CCc2cc(N3CCC(c4ncc(SC(F)(F)F)cn4)CC3)nc(NC3(CO)CCC3)c21. The Morgan fingerprint density at radius 2 is 1.94 bits per heavy atom. The lowest BCUT2D eigenvalue weighted by atomic mass is 9.77. The summed E-state index contributed by atoms with van der Waals surface area (Å²) in [6.07, 6.45) is 7.52. The van der Waals surface area contributed by atoms with Gasteiger partial charge in [0.25, 0.3) is 0 Å². The molecule has 1 atom stereocenters. The Kier molecular flexibility index (Phi) is 6.49. The van der Waals surface area contributed by atoms with Crippen LogP contribution in [0, 0.1) is 0 Å². The molecule has 2 aromatic rings. The summed E-state index contributed by atoms with van der Waals surface area (Å²) in [7, 11) is -1.09. The number of pyridine rings is 1. The van der Waals surface area contributed by atoms with Gasteiger partial charge in [-0.25, -0.2) is 15.0 Å². The van der Waals surface area contributed by atoms with Gasteiger partial charge in [0, 0.05) is 37.2 Å². The predicted octanol–water partition coefficient (Wildman–Crippen LogP) is 3.86. The summed E-state index contributed by atoms with van der Waals surface area (Å²) in [6, 6.07) is 2.03. The van der Waals surface area contributed by atoms with Crippen molar-refractivity contribution in [2.24, 2.45) is 0 Å². The quantitative estimate of drug-likeness (QED) is 0.563. The summed E-state index contributed by atoms with van der Waals surface area (Å²) in [6.45, 7) is 1.45. The van der Waals surface area contributed by atoms with E-state index < -0.39 is 16.3 Å². The van der Waals surface area contributed by atoms with Crippen molar-refractivity contribution in [1.82, 2.24) is 15.0 Å². The molecule has 5 rings (SSSR count). The zero-order chi connectivity index (χ0) is 23.9. The summed E-state index contributed by atoms with van der Waals surface area (Å²) < 4.78 is 50.2. The Morgan fingerprint density at radius 3 is 2.53 bits per heavy atom. The van der Waals surface area contributed by atoms with E-state index in [9.17, 15) is 22.5 Å². The number of piperidine rings is 1. The molecule has 4 heterocycles. The van der Waals surface area contributed by atoms with Crippen molar-refractivity contribution in [2.75, 3.05) is 35.7 Å². The first-order chi connectivity index (χ1) is 16.3. The molecule has 1 saturated heterocycles. The molecule has 0 amide bonds. The molecular formula is C22H26F3N5O2S2. The number of aliphatic hydroxyl groups is 1. The number of nitrogens with zero attached hydrogens (tertiary/aromatic N) is 4. The molecule has 12 heteroatoms. The van der Waals surface area contributed by atoms with Gasteiger partial charge >= 0.3 is 5.51 Å². The molecule has 1 saturated carbocycles. The molecule has 0 aromatic carbocycles. The molecule has 7 nitrogen and oxygen atoms in total. The predicted molar refractivity (Wildman–Crippen MR) is 125 cm³/mol. The lowest BCUT2D eigenvalue weighted by Crippen LogP contribution is -2.48. The minimum atomic E-state index is -4.35. The minimum Gasteiger partial charge on any atom is -0.394 e. The Balaban J connectivity index is 1.29. The highest BCUT2D eigenvalue weighted by atomic mass is 32.2. The van der Waals surface area contributed by atoms with Crippen molar-refractivity contribution in [3.8, 4) is 0 Å². The van der Waals surface area contributed by atoms with Gasteiger partial charge in [-0.3, -0.25) is 4.21 Å². The van der Waals surface area contributed by atoms with E-state index in [0.29, 0.717) is 30.5 Å². The van der Waals surface area contributed by atoms with Crippen LogP contribution in [-0.4, -0.2) is 60.8 Å². The van der Waals surface area contributed by atoms with Crippen LogP contribution in [0.3, 0.4) is 0 Å². The first kappa shape index (κ1) is 23.8. The number of aromatic nitrogens is 3. The number of nitrogens with one attached hydrogen (secondary N) is 1. The van der Waals surface area contributed by atoms with Crippen LogP contribution in [0.15, 0.2) is 28.3 Å². The second-order valence-electron chi connectivity index (χ2n) is 9.12. The highest BCUT2D eigenvalue weighted by Gasteiger charge is 2.39. The largest absolute Gasteiger partial charge is 0.446 e. The Morgan fingerprint density at radius 1 is 1.24 bits per heavy atom. The van der Waals surface area contributed by atoms with E-state index in [1.54, 1.807) is 0 Å². The smallest absolute Gasteiger partial charge is 0.394 e. The van der Waals surface area contributed by atoms with Crippen LogP contribution in [0.4, 0.5) is 24.8 Å². The fraction of sp³-hybridized carbons (Fsp3) is 0.591. The number of anilines is 2. The number of hydrogen-bond donors (Lipinski definition) is 2. The number of aryl methyl sites for hydroxylation is 1. The van der Waals surface area contributed by atoms with Gasteiger partial charge in [0.1, 0.15) is 17.5 Å². The fourth-order valence-electron chi connectivity index (χ4n) is 4.83. The first-order valence-electron chi connectivity index (χ1n) is 11.4. The van der Waals surface area contributed by atoms with E-state index in [1.807, 2.05) is 6.07 Å². The molecule has 2 N–H and O–H groups in total. The molecule has 0 bridgehead atoms. The number of aliphatic hydroxyl groups excluding tert-OH is 1. The van der Waals surface area contributed by atoms with Crippen LogP contribution >= 0.6 is 11.8 Å². The van der Waals surface area contributed by atoms with Gasteiger partial charge in [0.15, 0.2) is 0 Å². The molecular weight excluding hydrogens is 487 g/mol. The third kappa shape index (κ3) is 4.90. The first-order valence-corrected chi connectivity index (χ1v) is 13.5. The third-order valence-corrected chi connectivity index (χ3v) is 9.05. The molecule has 1 aliphatic carbocycles.